The lowest BCUT2D eigenvalue weighted by atomic mass is 10.3. The Balaban J connectivity index is 3.10. The van der Waals surface area contributed by atoms with E-state index in [0.29, 0.717) is 6.42 Å². The molecule has 0 saturated heterocycles. The van der Waals surface area contributed by atoms with E-state index in [1.807, 2.05) is 0 Å². The highest BCUT2D eigenvalue weighted by atomic mass is 35.5. The van der Waals surface area contributed by atoms with Gasteiger partial charge in [-0.1, -0.05) is 0 Å². The standard InChI is InChI=1S/C5H6Cl2O2/c6-4(8)2-1-3-5(7)9/h1-3H2. The molecule has 52 valence electrons. The number of hydrogen-bond donors (Lipinski definition) is 0. The molecular formula is C5H6Cl2O2. The van der Waals surface area contributed by atoms with Crippen LogP contribution in [0.25, 0.3) is 0 Å². The zero-order valence-corrected chi connectivity index (χ0v) is 6.21. The van der Waals surface area contributed by atoms with Crippen molar-refractivity contribution < 1.29 is 9.59 Å². The van der Waals surface area contributed by atoms with E-state index in [2.05, 4.69) is 0 Å². The molecule has 4 heteroatoms. The second-order valence-electron chi connectivity index (χ2n) is 1.56. The first-order valence-electron chi connectivity index (χ1n) is 2.49. The molecule has 0 amide bonds. The average Bonchev–Trinajstić information content (AvgIpc) is 1.63. The van der Waals surface area contributed by atoms with Gasteiger partial charge in [0, 0.05) is 12.8 Å². The van der Waals surface area contributed by atoms with Gasteiger partial charge in [0.25, 0.3) is 0 Å². The third-order valence-electron chi connectivity index (χ3n) is 0.747. The summed E-state index contributed by atoms with van der Waals surface area (Å²) in [6.07, 6.45) is 0.894. The molecular weight excluding hydrogens is 163 g/mol. The van der Waals surface area contributed by atoms with Crippen molar-refractivity contribution >= 4 is 33.7 Å². The molecule has 0 fully saturated rings. The molecule has 0 aromatic heterocycles. The minimum Gasteiger partial charge on any atom is -0.281 e. The van der Waals surface area contributed by atoms with Crippen molar-refractivity contribution in [3.8, 4) is 0 Å². The molecule has 2 nitrogen and oxygen atoms in total. The molecule has 0 heterocycles. The maximum absolute atomic E-state index is 10.0. The summed E-state index contributed by atoms with van der Waals surface area (Å²) >= 11 is 9.94. The van der Waals surface area contributed by atoms with E-state index in [0.717, 1.165) is 0 Å². The largest absolute Gasteiger partial charge is 0.281 e. The third kappa shape index (κ3) is 7.92. The van der Waals surface area contributed by atoms with Crippen molar-refractivity contribution in [1.82, 2.24) is 0 Å². The van der Waals surface area contributed by atoms with Crippen LogP contribution >= 0.6 is 23.2 Å². The van der Waals surface area contributed by atoms with Gasteiger partial charge in [-0.25, -0.2) is 0 Å². The summed E-state index contributed by atoms with van der Waals surface area (Å²) in [7, 11) is 0. The smallest absolute Gasteiger partial charge is 0.221 e. The van der Waals surface area contributed by atoms with Crippen molar-refractivity contribution in [2.45, 2.75) is 19.3 Å². The van der Waals surface area contributed by atoms with Gasteiger partial charge in [0.05, 0.1) is 0 Å². The molecule has 0 aliphatic heterocycles. The Morgan fingerprint density at radius 1 is 1.00 bits per heavy atom. The van der Waals surface area contributed by atoms with Gasteiger partial charge in [0.15, 0.2) is 0 Å². The summed E-state index contributed by atoms with van der Waals surface area (Å²) in [4.78, 5) is 20.1. The molecule has 0 spiro atoms. The highest BCUT2D eigenvalue weighted by Crippen LogP contribution is 2.01. The SMILES string of the molecule is O=C(Cl)CCCC(=O)Cl. The maximum atomic E-state index is 10.0. The Morgan fingerprint density at radius 3 is 1.56 bits per heavy atom. The molecule has 0 unspecified atom stereocenters. The van der Waals surface area contributed by atoms with Gasteiger partial charge in [-0.05, 0) is 29.6 Å². The van der Waals surface area contributed by atoms with Gasteiger partial charge in [-0.3, -0.25) is 9.59 Å². The predicted molar refractivity (Wildman–Crippen MR) is 35.6 cm³/mol. The molecule has 0 N–H and O–H groups in total. The molecule has 0 aromatic carbocycles. The fraction of sp³-hybridized carbons (Fsp3) is 0.600. The first-order chi connectivity index (χ1) is 4.13. The fourth-order valence-electron chi connectivity index (χ4n) is 0.366. The highest BCUT2D eigenvalue weighted by Gasteiger charge is 1.98. The summed E-state index contributed by atoms with van der Waals surface area (Å²) in [6.45, 7) is 0. The van der Waals surface area contributed by atoms with Gasteiger partial charge in [-0.2, -0.15) is 0 Å². The van der Waals surface area contributed by atoms with E-state index in [-0.39, 0.29) is 12.8 Å². The maximum Gasteiger partial charge on any atom is 0.221 e. The van der Waals surface area contributed by atoms with Crippen LogP contribution in [0.1, 0.15) is 19.3 Å². The van der Waals surface area contributed by atoms with Crippen molar-refractivity contribution in [3.63, 3.8) is 0 Å². The van der Waals surface area contributed by atoms with Crippen LogP contribution in [0.3, 0.4) is 0 Å². The molecule has 0 aliphatic carbocycles. The molecule has 0 atom stereocenters. The number of halogens is 2. The van der Waals surface area contributed by atoms with Crippen LogP contribution in [0, 0.1) is 0 Å². The second kappa shape index (κ2) is 4.77. The Labute approximate surface area is 63.1 Å². The van der Waals surface area contributed by atoms with E-state index in [4.69, 9.17) is 23.2 Å². The van der Waals surface area contributed by atoms with E-state index in [9.17, 15) is 9.59 Å². The zero-order valence-electron chi connectivity index (χ0n) is 4.69. The Morgan fingerprint density at radius 2 is 1.33 bits per heavy atom. The predicted octanol–water partition coefficient (Wildman–Crippen LogP) is 1.69. The van der Waals surface area contributed by atoms with Gasteiger partial charge in [0.1, 0.15) is 0 Å². The van der Waals surface area contributed by atoms with Crippen molar-refractivity contribution in [2.24, 2.45) is 0 Å². The van der Waals surface area contributed by atoms with Gasteiger partial charge < -0.3 is 0 Å². The summed E-state index contributed by atoms with van der Waals surface area (Å²) in [5, 5.41) is -0.846. The first-order valence-corrected chi connectivity index (χ1v) is 3.25. The normalized spacial score (nSPS) is 9.11. The van der Waals surface area contributed by atoms with Crippen molar-refractivity contribution in [1.29, 1.82) is 0 Å². The summed E-state index contributed by atoms with van der Waals surface area (Å²) in [6, 6.07) is 0. The minimum atomic E-state index is -0.423. The van der Waals surface area contributed by atoms with E-state index in [1.165, 1.54) is 0 Å². The Kier molecular flexibility index (Phi) is 4.72. The second-order valence-corrected chi connectivity index (χ2v) is 2.41. The molecule has 0 aromatic rings. The Hall–Kier alpha value is -0.0800. The van der Waals surface area contributed by atoms with Crippen LogP contribution in [0.5, 0.6) is 0 Å². The van der Waals surface area contributed by atoms with Crippen LogP contribution < -0.4 is 0 Å². The fourth-order valence-corrected chi connectivity index (χ4v) is 0.634. The van der Waals surface area contributed by atoms with Crippen molar-refractivity contribution in [2.75, 3.05) is 0 Å². The Bertz CT molecular complexity index is 108. The van der Waals surface area contributed by atoms with Crippen LogP contribution in [0.2, 0.25) is 0 Å². The van der Waals surface area contributed by atoms with E-state index in [1.54, 1.807) is 0 Å². The molecule has 0 radical (unpaired) electrons. The van der Waals surface area contributed by atoms with Crippen LogP contribution in [-0.4, -0.2) is 10.5 Å². The summed E-state index contributed by atoms with van der Waals surface area (Å²) < 4.78 is 0. The van der Waals surface area contributed by atoms with E-state index < -0.39 is 10.5 Å². The third-order valence-corrected chi connectivity index (χ3v) is 1.12. The summed E-state index contributed by atoms with van der Waals surface area (Å²) in [5.41, 5.74) is 0. The van der Waals surface area contributed by atoms with E-state index >= 15 is 0 Å². The number of carbonyl (C=O) groups is 2. The molecule has 9 heavy (non-hydrogen) atoms. The average molecular weight is 169 g/mol. The molecule has 0 saturated carbocycles. The molecule has 0 rings (SSSR count). The monoisotopic (exact) mass is 168 g/mol. The highest BCUT2D eigenvalue weighted by molar-refractivity contribution is 6.64. The van der Waals surface area contributed by atoms with Gasteiger partial charge in [0.2, 0.25) is 10.5 Å². The van der Waals surface area contributed by atoms with Crippen LogP contribution in [0.15, 0.2) is 0 Å². The van der Waals surface area contributed by atoms with Crippen LogP contribution in [0.4, 0.5) is 0 Å². The summed E-state index contributed by atoms with van der Waals surface area (Å²) in [5.74, 6) is 0. The lowest BCUT2D eigenvalue weighted by Gasteiger charge is -1.87. The first kappa shape index (κ1) is 8.92. The quantitative estimate of drug-likeness (QED) is 0.600. The number of carbonyl (C=O) groups excluding carboxylic acids is 2. The lowest BCUT2D eigenvalue weighted by molar-refractivity contribution is -0.112. The molecule has 0 aliphatic rings. The van der Waals surface area contributed by atoms with Gasteiger partial charge >= 0.3 is 0 Å². The van der Waals surface area contributed by atoms with Crippen molar-refractivity contribution in [3.05, 3.63) is 0 Å². The zero-order chi connectivity index (χ0) is 7.28. The lowest BCUT2D eigenvalue weighted by Crippen LogP contribution is -1.89. The minimum absolute atomic E-state index is 0.222. The molecule has 0 bridgehead atoms. The topological polar surface area (TPSA) is 34.1 Å². The number of hydrogen-bond acceptors (Lipinski definition) is 2. The number of rotatable bonds is 4. The van der Waals surface area contributed by atoms with Crippen LogP contribution in [-0.2, 0) is 9.59 Å². The van der Waals surface area contributed by atoms with Gasteiger partial charge in [-0.15, -0.1) is 0 Å².